The molecule has 4 heteroatoms. The first kappa shape index (κ1) is 68.6. The molecule has 0 saturated heterocycles. The number of fused-ring (bicyclic) bond motifs is 16. The molecule has 4 atom stereocenters. The van der Waals surface area contributed by atoms with Gasteiger partial charge in [-0.2, -0.15) is 0 Å². The van der Waals surface area contributed by atoms with E-state index in [9.17, 15) is 9.59 Å². The van der Waals surface area contributed by atoms with Crippen molar-refractivity contribution >= 4 is 184 Å². The van der Waals surface area contributed by atoms with Gasteiger partial charge in [-0.1, -0.05) is 311 Å². The topological polar surface area (TPSA) is 52.6 Å². The summed E-state index contributed by atoms with van der Waals surface area (Å²) in [6, 6.07) is 91.6. The fourth-order valence-corrected chi connectivity index (χ4v) is 21.1. The number of unbranched alkanes of at least 4 members (excludes halogenated alkanes) is 8. The molecule has 0 bridgehead atoms. The Kier molecular flexibility index (Phi) is 17.0. The summed E-state index contributed by atoms with van der Waals surface area (Å²) in [7, 11) is 0. The second-order valence-electron chi connectivity index (χ2n) is 33.3. The van der Waals surface area contributed by atoms with Gasteiger partial charge in [-0.3, -0.25) is 9.59 Å². The van der Waals surface area contributed by atoms with E-state index in [1.807, 2.05) is 0 Å². The third kappa shape index (κ3) is 11.1. The molecule has 548 valence electrons. The highest BCUT2D eigenvalue weighted by atomic mass is 16.5. The van der Waals surface area contributed by atoms with Crippen LogP contribution in [0, 0.1) is 11.8 Å². The molecule has 112 heavy (non-hydrogen) atoms. The van der Waals surface area contributed by atoms with Gasteiger partial charge in [0.05, 0.1) is 11.8 Å². The monoisotopic (exact) mass is 1450 g/mol. The number of ether oxygens (including phenoxy) is 2. The van der Waals surface area contributed by atoms with Gasteiger partial charge >= 0.3 is 11.9 Å². The quantitative estimate of drug-likeness (QED) is 0.0330. The highest BCUT2D eigenvalue weighted by molar-refractivity contribution is 6.37. The van der Waals surface area contributed by atoms with Gasteiger partial charge in [0.15, 0.2) is 0 Å². The van der Waals surface area contributed by atoms with Crippen molar-refractivity contribution in [3.63, 3.8) is 0 Å². The predicted molar refractivity (Wildman–Crippen MR) is 477 cm³/mol. The largest absolute Gasteiger partial charge is 0.457 e. The van der Waals surface area contributed by atoms with Crippen molar-refractivity contribution in [1.29, 1.82) is 0 Å². The lowest BCUT2D eigenvalue weighted by Gasteiger charge is -2.35. The summed E-state index contributed by atoms with van der Waals surface area (Å²) in [4.78, 5) is 29.3. The van der Waals surface area contributed by atoms with E-state index in [2.05, 4.69) is 270 Å². The maximum atomic E-state index is 14.7. The Bertz CT molecular complexity index is 6670. The first-order valence-electron chi connectivity index (χ1n) is 42.1. The molecule has 4 nitrogen and oxygen atoms in total. The SMILES string of the molecule is CCCCCCC(CCCC)C(=O)OC1Cc2cc3c(cc2-c2c1cc1ccc4cccc5ccc2c1c45)CC(OC(=O)C(CCCC)CCCCCC)c1cc2ccc4cccc5ccc(c1-3)c2c45.c1cc2ccc3cc4ccc5cc6c(ccc7cc8ccc9cccc%10ccc(c76)c8c9%10)cc5c4c4ccc(c1)c2c34. The Morgan fingerprint density at radius 3 is 0.902 bits per heavy atom. The van der Waals surface area contributed by atoms with Gasteiger partial charge in [0, 0.05) is 24.0 Å². The lowest BCUT2D eigenvalue weighted by atomic mass is 9.73. The smallest absolute Gasteiger partial charge is 0.309 e. The lowest BCUT2D eigenvalue weighted by molar-refractivity contribution is -0.156. The summed E-state index contributed by atoms with van der Waals surface area (Å²) in [5, 5.41) is 41.4. The summed E-state index contributed by atoms with van der Waals surface area (Å²) in [5.74, 6) is -0.303. The number of rotatable bonds is 20. The van der Waals surface area contributed by atoms with Crippen molar-refractivity contribution in [3.8, 4) is 22.3 Å². The van der Waals surface area contributed by atoms with E-state index < -0.39 is 12.2 Å². The molecule has 4 unspecified atom stereocenters. The zero-order valence-electron chi connectivity index (χ0n) is 64.8. The molecule has 2 aliphatic carbocycles. The molecule has 0 aliphatic heterocycles. The number of carbonyl (C=O) groups excluding carboxylic acids is 2. The van der Waals surface area contributed by atoms with Crippen LogP contribution in [0.1, 0.15) is 165 Å². The van der Waals surface area contributed by atoms with Gasteiger partial charge in [0.2, 0.25) is 0 Å². The van der Waals surface area contributed by atoms with E-state index in [-0.39, 0.29) is 23.8 Å². The number of carbonyl (C=O) groups is 2. The molecule has 20 aromatic carbocycles. The van der Waals surface area contributed by atoms with E-state index in [1.165, 1.54) is 231 Å². The number of hydrogen-bond acceptors (Lipinski definition) is 4. The summed E-state index contributed by atoms with van der Waals surface area (Å²) >= 11 is 0. The molecule has 2 aliphatic rings. The average molecular weight is 1450 g/mol. The lowest BCUT2D eigenvalue weighted by Crippen LogP contribution is -2.25. The van der Waals surface area contributed by atoms with E-state index in [0.29, 0.717) is 12.8 Å². The number of benzene rings is 20. The van der Waals surface area contributed by atoms with Crippen LogP contribution in [0.3, 0.4) is 0 Å². The Morgan fingerprint density at radius 2 is 0.554 bits per heavy atom. The van der Waals surface area contributed by atoms with Crippen LogP contribution in [-0.4, -0.2) is 11.9 Å². The Hall–Kier alpha value is -11.5. The van der Waals surface area contributed by atoms with Crippen molar-refractivity contribution < 1.29 is 19.1 Å². The fraction of sp³-hybridized carbons (Fsp3) is 0.241. The maximum Gasteiger partial charge on any atom is 0.309 e. The molecule has 22 rings (SSSR count). The molecule has 0 amide bonds. The minimum absolute atomic E-state index is 0.0475. The van der Waals surface area contributed by atoms with Crippen LogP contribution in [0.15, 0.2) is 243 Å². The van der Waals surface area contributed by atoms with Gasteiger partial charge in [0.1, 0.15) is 12.2 Å². The first-order chi connectivity index (χ1) is 55.2. The molecular weight excluding hydrogens is 1360 g/mol. The highest BCUT2D eigenvalue weighted by Crippen LogP contribution is 2.55. The second kappa shape index (κ2) is 27.8. The molecule has 0 saturated carbocycles. The summed E-state index contributed by atoms with van der Waals surface area (Å²) in [6.45, 7) is 8.92. The van der Waals surface area contributed by atoms with Crippen molar-refractivity contribution in [1.82, 2.24) is 0 Å². The normalized spacial score (nSPS) is 14.9. The van der Waals surface area contributed by atoms with Crippen LogP contribution in [0.2, 0.25) is 0 Å². The molecule has 0 spiro atoms. The fourth-order valence-electron chi connectivity index (χ4n) is 21.1. The van der Waals surface area contributed by atoms with E-state index in [4.69, 9.17) is 9.47 Å². The highest BCUT2D eigenvalue weighted by Gasteiger charge is 2.38. The molecule has 0 aromatic heterocycles. The molecular formula is C108H92O4. The van der Waals surface area contributed by atoms with Gasteiger partial charge in [-0.15, -0.1) is 0 Å². The van der Waals surface area contributed by atoms with E-state index in [1.54, 1.807) is 0 Å². The van der Waals surface area contributed by atoms with Crippen molar-refractivity contribution in [2.24, 2.45) is 11.8 Å². The molecule has 0 N–H and O–H groups in total. The zero-order valence-corrected chi connectivity index (χ0v) is 64.8. The van der Waals surface area contributed by atoms with Crippen LogP contribution >= 0.6 is 0 Å². The Labute approximate surface area is 653 Å². The minimum atomic E-state index is -0.426. The summed E-state index contributed by atoms with van der Waals surface area (Å²) in [6.07, 6.45) is 17.2. The third-order valence-corrected chi connectivity index (χ3v) is 26.5. The third-order valence-electron chi connectivity index (χ3n) is 26.5. The standard InChI is InChI=1S/C66H70O4.C42H22/c1-5-9-13-15-21-45(19-11-7-3)65(67)69-57-39-49-37-54-50(38-53(49)63-51-33-31-43-25-17-23-41-27-29-47(35-55(57)63)61(51)59(41)43)40-58(70-66(68)46(20-12-8-4)22-16-14-10-6-2)56-36-48-30-28-42-24-18-26-44-32-34-52(64(54)56)62(48)60(42)44;1-3-23-7-11-31-19-29-13-9-27-22-36-28(21-35(27)39(29)33-17-15-25(5-1)37(23)41(31)33)10-14-30-20-32-12-8-24-4-2-6-26-16-18-34(40(30)36)42(32)38(24)26/h17-18,23-38,45-46,57-58H,5-16,19-22,39-40H2,1-4H3;1-22H. The minimum Gasteiger partial charge on any atom is -0.457 e. The van der Waals surface area contributed by atoms with Crippen LogP contribution < -0.4 is 0 Å². The second-order valence-corrected chi connectivity index (χ2v) is 33.3. The Morgan fingerprint density at radius 1 is 0.268 bits per heavy atom. The first-order valence-corrected chi connectivity index (χ1v) is 42.1. The van der Waals surface area contributed by atoms with Gasteiger partial charge in [-0.05, 0) is 268 Å². The predicted octanol–water partition coefficient (Wildman–Crippen LogP) is 30.7. The van der Waals surface area contributed by atoms with Gasteiger partial charge < -0.3 is 9.47 Å². The van der Waals surface area contributed by atoms with Crippen LogP contribution in [0.4, 0.5) is 0 Å². The molecule has 0 fully saturated rings. The van der Waals surface area contributed by atoms with E-state index >= 15 is 0 Å². The molecule has 0 heterocycles. The van der Waals surface area contributed by atoms with Crippen LogP contribution in [0.25, 0.3) is 195 Å². The average Bonchev–Trinajstić information content (AvgIpc) is 0.709. The molecule has 0 radical (unpaired) electrons. The summed E-state index contributed by atoms with van der Waals surface area (Å²) in [5.41, 5.74) is 9.32. The van der Waals surface area contributed by atoms with Crippen LogP contribution in [-0.2, 0) is 31.9 Å². The van der Waals surface area contributed by atoms with Crippen molar-refractivity contribution in [3.05, 3.63) is 265 Å². The summed E-state index contributed by atoms with van der Waals surface area (Å²) < 4.78 is 13.9. The maximum absolute atomic E-state index is 14.7. The van der Waals surface area contributed by atoms with Gasteiger partial charge in [-0.25, -0.2) is 0 Å². The van der Waals surface area contributed by atoms with Gasteiger partial charge in [0.25, 0.3) is 0 Å². The van der Waals surface area contributed by atoms with E-state index in [0.717, 1.165) is 88.2 Å². The number of hydrogen-bond donors (Lipinski definition) is 0. The van der Waals surface area contributed by atoms with Crippen molar-refractivity contribution in [2.45, 2.75) is 155 Å². The van der Waals surface area contributed by atoms with Crippen molar-refractivity contribution in [2.75, 3.05) is 0 Å². The molecule has 20 aromatic rings. The Balaban J connectivity index is 0.000000159. The zero-order chi connectivity index (χ0) is 75.0. The number of esters is 2. The van der Waals surface area contributed by atoms with Crippen LogP contribution in [0.5, 0.6) is 0 Å².